The Kier molecular flexibility index (Phi) is 2.99. The van der Waals surface area contributed by atoms with Crippen molar-refractivity contribution in [2.75, 3.05) is 13.2 Å². The Bertz CT molecular complexity index is 278. The van der Waals surface area contributed by atoms with Crippen LogP contribution in [0, 0.1) is 11.3 Å². The molecule has 0 unspecified atom stereocenters. The Morgan fingerprint density at radius 2 is 2.33 bits per heavy atom. The molecule has 0 aliphatic heterocycles. The molecular formula is C7H7N3O2. The van der Waals surface area contributed by atoms with Crippen LogP contribution in [-0.4, -0.2) is 28.3 Å². The van der Waals surface area contributed by atoms with Gasteiger partial charge in [0.2, 0.25) is 5.88 Å². The molecule has 0 aliphatic carbocycles. The van der Waals surface area contributed by atoms with Crippen molar-refractivity contribution in [2.45, 2.75) is 0 Å². The predicted molar refractivity (Wildman–Crippen MR) is 39.3 cm³/mol. The van der Waals surface area contributed by atoms with Crippen LogP contribution in [0.15, 0.2) is 12.4 Å². The minimum atomic E-state index is -0.0678. The van der Waals surface area contributed by atoms with Gasteiger partial charge in [-0.25, -0.2) is 9.97 Å². The van der Waals surface area contributed by atoms with E-state index in [4.69, 9.17) is 15.1 Å². The van der Waals surface area contributed by atoms with Gasteiger partial charge >= 0.3 is 0 Å². The maximum absolute atomic E-state index is 8.40. The van der Waals surface area contributed by atoms with Gasteiger partial charge in [0.25, 0.3) is 0 Å². The fraction of sp³-hybridized carbons (Fsp3) is 0.286. The standard InChI is InChI=1S/C7H7N3O2/c8-3-6-4-10-7(5-9-6)12-2-1-11/h4-5,11H,1-2H2. The molecule has 1 aromatic heterocycles. The molecule has 0 atom stereocenters. The van der Waals surface area contributed by atoms with Gasteiger partial charge in [-0.1, -0.05) is 0 Å². The van der Waals surface area contributed by atoms with E-state index in [0.717, 1.165) is 0 Å². The van der Waals surface area contributed by atoms with E-state index in [1.165, 1.54) is 12.4 Å². The van der Waals surface area contributed by atoms with Crippen LogP contribution < -0.4 is 4.74 Å². The lowest BCUT2D eigenvalue weighted by Gasteiger charge is -2.00. The number of aliphatic hydroxyl groups is 1. The number of rotatable bonds is 3. The van der Waals surface area contributed by atoms with Gasteiger partial charge < -0.3 is 9.84 Å². The van der Waals surface area contributed by atoms with E-state index < -0.39 is 0 Å². The van der Waals surface area contributed by atoms with Crippen LogP contribution in [0.5, 0.6) is 5.88 Å². The molecule has 1 rings (SSSR count). The van der Waals surface area contributed by atoms with Gasteiger partial charge in [0.15, 0.2) is 5.69 Å². The summed E-state index contributed by atoms with van der Waals surface area (Å²) in [4.78, 5) is 7.49. The van der Waals surface area contributed by atoms with Crippen LogP contribution in [0.25, 0.3) is 0 Å². The highest BCUT2D eigenvalue weighted by molar-refractivity contribution is 5.18. The third-order valence-corrected chi connectivity index (χ3v) is 1.08. The molecular weight excluding hydrogens is 158 g/mol. The molecule has 5 nitrogen and oxygen atoms in total. The summed E-state index contributed by atoms with van der Waals surface area (Å²) >= 11 is 0. The fourth-order valence-corrected chi connectivity index (χ4v) is 0.599. The Morgan fingerprint density at radius 1 is 1.50 bits per heavy atom. The average molecular weight is 165 g/mol. The highest BCUT2D eigenvalue weighted by atomic mass is 16.5. The molecule has 0 aromatic carbocycles. The van der Waals surface area contributed by atoms with Gasteiger partial charge in [-0.15, -0.1) is 0 Å². The summed E-state index contributed by atoms with van der Waals surface area (Å²) in [6.45, 7) is 0.113. The van der Waals surface area contributed by atoms with Crippen molar-refractivity contribution in [1.82, 2.24) is 9.97 Å². The van der Waals surface area contributed by atoms with E-state index >= 15 is 0 Å². The summed E-state index contributed by atoms with van der Waals surface area (Å²) in [6.07, 6.45) is 2.65. The molecule has 0 aliphatic rings. The summed E-state index contributed by atoms with van der Waals surface area (Å²) in [5, 5.41) is 16.8. The molecule has 12 heavy (non-hydrogen) atoms. The lowest BCUT2D eigenvalue weighted by atomic mass is 10.5. The van der Waals surface area contributed by atoms with Crippen LogP contribution in [-0.2, 0) is 0 Å². The fourth-order valence-electron chi connectivity index (χ4n) is 0.599. The number of ether oxygens (including phenoxy) is 1. The van der Waals surface area contributed by atoms with Crippen molar-refractivity contribution in [2.24, 2.45) is 0 Å². The van der Waals surface area contributed by atoms with E-state index in [1.807, 2.05) is 6.07 Å². The minimum absolute atomic E-state index is 0.0678. The van der Waals surface area contributed by atoms with Gasteiger partial charge in [0.05, 0.1) is 19.0 Å². The summed E-state index contributed by atoms with van der Waals surface area (Å²) in [5.41, 5.74) is 0.242. The zero-order valence-electron chi connectivity index (χ0n) is 6.27. The van der Waals surface area contributed by atoms with Crippen molar-refractivity contribution in [1.29, 1.82) is 5.26 Å². The Hall–Kier alpha value is -1.67. The first-order valence-electron chi connectivity index (χ1n) is 3.32. The van der Waals surface area contributed by atoms with Crippen LogP contribution in [0.1, 0.15) is 5.69 Å². The monoisotopic (exact) mass is 165 g/mol. The number of nitrogens with zero attached hydrogens (tertiary/aromatic N) is 3. The number of aromatic nitrogens is 2. The largest absolute Gasteiger partial charge is 0.474 e. The molecule has 0 fully saturated rings. The molecule has 0 amide bonds. The zero-order valence-corrected chi connectivity index (χ0v) is 6.27. The van der Waals surface area contributed by atoms with Crippen molar-refractivity contribution in [3.05, 3.63) is 18.1 Å². The van der Waals surface area contributed by atoms with E-state index in [2.05, 4.69) is 9.97 Å². The Balaban J connectivity index is 2.60. The quantitative estimate of drug-likeness (QED) is 0.666. The van der Waals surface area contributed by atoms with Gasteiger partial charge in [-0.05, 0) is 0 Å². The topological polar surface area (TPSA) is 79.0 Å². The minimum Gasteiger partial charge on any atom is -0.474 e. The summed E-state index contributed by atoms with van der Waals surface area (Å²) in [6, 6.07) is 1.83. The van der Waals surface area contributed by atoms with Crippen molar-refractivity contribution >= 4 is 0 Å². The molecule has 1 heterocycles. The van der Waals surface area contributed by atoms with Crippen LogP contribution in [0.2, 0.25) is 0 Å². The SMILES string of the molecule is N#Cc1cnc(OCCO)cn1. The highest BCUT2D eigenvalue weighted by Gasteiger charge is 1.95. The zero-order chi connectivity index (χ0) is 8.81. The Labute approximate surface area is 69.3 Å². The summed E-state index contributed by atoms with van der Waals surface area (Å²) in [7, 11) is 0. The predicted octanol–water partition coefficient (Wildman–Crippen LogP) is -0.281. The van der Waals surface area contributed by atoms with Gasteiger partial charge in [0, 0.05) is 0 Å². The number of hydrogen-bond donors (Lipinski definition) is 1. The molecule has 0 saturated carbocycles. The van der Waals surface area contributed by atoms with E-state index in [9.17, 15) is 0 Å². The third kappa shape index (κ3) is 2.18. The van der Waals surface area contributed by atoms with Crippen molar-refractivity contribution in [3.63, 3.8) is 0 Å². The van der Waals surface area contributed by atoms with Crippen molar-refractivity contribution < 1.29 is 9.84 Å². The number of hydrogen-bond acceptors (Lipinski definition) is 5. The van der Waals surface area contributed by atoms with Crippen LogP contribution in [0.4, 0.5) is 0 Å². The molecule has 1 N–H and O–H groups in total. The smallest absolute Gasteiger partial charge is 0.232 e. The maximum atomic E-state index is 8.40. The lowest BCUT2D eigenvalue weighted by Crippen LogP contribution is -2.03. The second kappa shape index (κ2) is 4.26. The van der Waals surface area contributed by atoms with E-state index in [1.54, 1.807) is 0 Å². The molecule has 5 heteroatoms. The second-order valence-electron chi connectivity index (χ2n) is 1.92. The average Bonchev–Trinajstić information content (AvgIpc) is 2.15. The molecule has 62 valence electrons. The van der Waals surface area contributed by atoms with E-state index in [0.29, 0.717) is 5.88 Å². The number of aliphatic hydroxyl groups excluding tert-OH is 1. The second-order valence-corrected chi connectivity index (χ2v) is 1.92. The first-order chi connectivity index (χ1) is 5.86. The first-order valence-corrected chi connectivity index (χ1v) is 3.32. The molecule has 0 radical (unpaired) electrons. The Morgan fingerprint density at radius 3 is 2.83 bits per heavy atom. The van der Waals surface area contributed by atoms with Crippen LogP contribution >= 0.6 is 0 Å². The van der Waals surface area contributed by atoms with E-state index in [-0.39, 0.29) is 18.9 Å². The summed E-state index contributed by atoms with van der Waals surface area (Å²) in [5.74, 6) is 0.308. The maximum Gasteiger partial charge on any atom is 0.232 e. The van der Waals surface area contributed by atoms with Gasteiger partial charge in [-0.2, -0.15) is 5.26 Å². The van der Waals surface area contributed by atoms with Gasteiger partial charge in [0.1, 0.15) is 12.7 Å². The number of nitriles is 1. The molecule has 1 aromatic rings. The lowest BCUT2D eigenvalue weighted by molar-refractivity contribution is 0.196. The molecule has 0 saturated heterocycles. The normalized spacial score (nSPS) is 9.00. The summed E-state index contributed by atoms with van der Waals surface area (Å²) < 4.78 is 4.92. The van der Waals surface area contributed by atoms with Crippen LogP contribution in [0.3, 0.4) is 0 Å². The third-order valence-electron chi connectivity index (χ3n) is 1.08. The van der Waals surface area contributed by atoms with Gasteiger partial charge in [-0.3, -0.25) is 0 Å². The highest BCUT2D eigenvalue weighted by Crippen LogP contribution is 2.02. The van der Waals surface area contributed by atoms with Crippen molar-refractivity contribution in [3.8, 4) is 11.9 Å². The molecule has 0 bridgehead atoms. The molecule has 0 spiro atoms. The first kappa shape index (κ1) is 8.43.